The van der Waals surface area contributed by atoms with Crippen LogP contribution in [0.25, 0.3) is 10.8 Å². The average molecular weight is 273 g/mol. The van der Waals surface area contributed by atoms with E-state index in [0.717, 1.165) is 10.8 Å². The average Bonchev–Trinajstić information content (AvgIpc) is 2.51. The van der Waals surface area contributed by atoms with Gasteiger partial charge in [-0.15, -0.1) is 0 Å². The van der Waals surface area contributed by atoms with E-state index in [2.05, 4.69) is 10.1 Å². The zero-order valence-corrected chi connectivity index (χ0v) is 11.0. The number of nitrogens with one attached hydrogen (secondary N) is 1. The first-order chi connectivity index (χ1) is 9.67. The molecule has 0 bridgehead atoms. The number of hydrogen-bond donors (Lipinski definition) is 2. The summed E-state index contributed by atoms with van der Waals surface area (Å²) < 4.78 is 4.51. The van der Waals surface area contributed by atoms with Crippen molar-refractivity contribution in [2.75, 3.05) is 13.7 Å². The van der Waals surface area contributed by atoms with Crippen LogP contribution in [0.2, 0.25) is 0 Å². The van der Waals surface area contributed by atoms with Gasteiger partial charge in [-0.05, 0) is 16.8 Å². The van der Waals surface area contributed by atoms with Crippen molar-refractivity contribution in [1.29, 1.82) is 0 Å². The summed E-state index contributed by atoms with van der Waals surface area (Å²) >= 11 is 0. The van der Waals surface area contributed by atoms with E-state index in [9.17, 15) is 9.59 Å². The lowest BCUT2D eigenvalue weighted by atomic mass is 10.0. The lowest BCUT2D eigenvalue weighted by molar-refractivity contribution is -0.143. The van der Waals surface area contributed by atoms with Gasteiger partial charge in [-0.1, -0.05) is 36.4 Å². The van der Waals surface area contributed by atoms with Crippen LogP contribution in [0.3, 0.4) is 0 Å². The standard InChI is InChI=1S/C15H15NO4/c1-20-15(19)13(9-17)16-14(18)12-8-4-6-10-5-2-3-7-11(10)12/h2-8,13,17H,9H2,1H3,(H,16,18)/t13-/m0/s1. The number of benzene rings is 2. The molecule has 104 valence electrons. The van der Waals surface area contributed by atoms with Gasteiger partial charge in [0, 0.05) is 5.56 Å². The number of aliphatic hydroxyl groups is 1. The van der Waals surface area contributed by atoms with Gasteiger partial charge in [0.15, 0.2) is 6.04 Å². The highest BCUT2D eigenvalue weighted by atomic mass is 16.5. The van der Waals surface area contributed by atoms with E-state index in [1.165, 1.54) is 7.11 Å². The van der Waals surface area contributed by atoms with Gasteiger partial charge < -0.3 is 15.2 Å². The summed E-state index contributed by atoms with van der Waals surface area (Å²) in [6, 6.07) is 11.7. The van der Waals surface area contributed by atoms with Crippen molar-refractivity contribution in [2.45, 2.75) is 6.04 Å². The molecule has 0 aliphatic heterocycles. The van der Waals surface area contributed by atoms with Gasteiger partial charge in [0.25, 0.3) is 5.91 Å². The Bertz CT molecular complexity index is 633. The molecule has 0 aromatic heterocycles. The lowest BCUT2D eigenvalue weighted by Gasteiger charge is -2.14. The van der Waals surface area contributed by atoms with Crippen LogP contribution >= 0.6 is 0 Å². The number of amides is 1. The molecule has 5 nitrogen and oxygen atoms in total. The van der Waals surface area contributed by atoms with Crippen molar-refractivity contribution in [1.82, 2.24) is 5.32 Å². The number of carbonyl (C=O) groups is 2. The zero-order valence-electron chi connectivity index (χ0n) is 11.0. The maximum Gasteiger partial charge on any atom is 0.330 e. The molecule has 2 aromatic rings. The monoisotopic (exact) mass is 273 g/mol. The van der Waals surface area contributed by atoms with Crippen molar-refractivity contribution < 1.29 is 19.4 Å². The summed E-state index contributed by atoms with van der Waals surface area (Å²) in [7, 11) is 1.20. The zero-order chi connectivity index (χ0) is 14.5. The summed E-state index contributed by atoms with van der Waals surface area (Å²) in [5.41, 5.74) is 0.449. The summed E-state index contributed by atoms with van der Waals surface area (Å²) in [4.78, 5) is 23.6. The molecular formula is C15H15NO4. The van der Waals surface area contributed by atoms with Gasteiger partial charge in [0.2, 0.25) is 0 Å². The Labute approximate surface area is 116 Å². The third-order valence-electron chi connectivity index (χ3n) is 3.01. The Balaban J connectivity index is 2.30. The smallest absolute Gasteiger partial charge is 0.330 e. The van der Waals surface area contributed by atoms with E-state index >= 15 is 0 Å². The molecule has 2 aromatic carbocycles. The summed E-state index contributed by atoms with van der Waals surface area (Å²) in [6.07, 6.45) is 0. The molecule has 1 amide bonds. The Hall–Kier alpha value is -2.40. The second kappa shape index (κ2) is 6.16. The topological polar surface area (TPSA) is 75.6 Å². The first-order valence-electron chi connectivity index (χ1n) is 6.14. The number of ether oxygens (including phenoxy) is 1. The van der Waals surface area contributed by atoms with Gasteiger partial charge in [-0.3, -0.25) is 4.79 Å². The molecule has 0 saturated carbocycles. The van der Waals surface area contributed by atoms with Crippen LogP contribution in [0.15, 0.2) is 42.5 Å². The Morgan fingerprint density at radius 1 is 1.20 bits per heavy atom. The van der Waals surface area contributed by atoms with Crippen LogP contribution < -0.4 is 5.32 Å². The molecule has 0 aliphatic carbocycles. The molecule has 2 rings (SSSR count). The van der Waals surface area contributed by atoms with Gasteiger partial charge in [-0.25, -0.2) is 4.79 Å². The lowest BCUT2D eigenvalue weighted by Crippen LogP contribution is -2.44. The van der Waals surface area contributed by atoms with E-state index < -0.39 is 24.5 Å². The molecule has 2 N–H and O–H groups in total. The molecule has 0 unspecified atom stereocenters. The molecular weight excluding hydrogens is 258 g/mol. The summed E-state index contributed by atoms with van der Waals surface area (Å²) in [5, 5.41) is 13.3. The molecule has 1 atom stereocenters. The quantitative estimate of drug-likeness (QED) is 0.818. The Kier molecular flexibility index (Phi) is 4.32. The van der Waals surface area contributed by atoms with Crippen LogP contribution in [0.4, 0.5) is 0 Å². The van der Waals surface area contributed by atoms with Crippen molar-refractivity contribution >= 4 is 22.6 Å². The SMILES string of the molecule is COC(=O)[C@H](CO)NC(=O)c1cccc2ccccc12. The maximum atomic E-state index is 12.2. The number of aliphatic hydroxyl groups excluding tert-OH is 1. The molecule has 0 heterocycles. The number of hydrogen-bond acceptors (Lipinski definition) is 4. The number of carbonyl (C=O) groups excluding carboxylic acids is 2. The number of rotatable bonds is 4. The first kappa shape index (κ1) is 14.0. The molecule has 0 radical (unpaired) electrons. The molecule has 0 fully saturated rings. The minimum absolute atomic E-state index is 0.425. The predicted molar refractivity (Wildman–Crippen MR) is 74.3 cm³/mol. The van der Waals surface area contributed by atoms with Crippen LogP contribution in [0.1, 0.15) is 10.4 Å². The second-order valence-corrected chi connectivity index (χ2v) is 4.26. The number of fused-ring (bicyclic) bond motifs is 1. The summed E-state index contributed by atoms with van der Waals surface area (Å²) in [5.74, 6) is -1.10. The van der Waals surface area contributed by atoms with Gasteiger partial charge >= 0.3 is 5.97 Å². The second-order valence-electron chi connectivity index (χ2n) is 4.26. The highest BCUT2D eigenvalue weighted by molar-refractivity contribution is 6.07. The Morgan fingerprint density at radius 3 is 2.60 bits per heavy atom. The normalized spacial score (nSPS) is 11.9. The largest absolute Gasteiger partial charge is 0.467 e. The van der Waals surface area contributed by atoms with E-state index in [1.54, 1.807) is 12.1 Å². The van der Waals surface area contributed by atoms with Crippen LogP contribution in [-0.4, -0.2) is 36.7 Å². The van der Waals surface area contributed by atoms with E-state index in [0.29, 0.717) is 5.56 Å². The number of esters is 1. The predicted octanol–water partition coefficient (Wildman–Crippen LogP) is 1.10. The minimum atomic E-state index is -1.06. The fourth-order valence-corrected chi connectivity index (χ4v) is 1.98. The van der Waals surface area contributed by atoms with Crippen molar-refractivity contribution in [3.8, 4) is 0 Å². The third kappa shape index (κ3) is 2.78. The minimum Gasteiger partial charge on any atom is -0.467 e. The molecule has 0 spiro atoms. The van der Waals surface area contributed by atoms with Crippen LogP contribution in [0, 0.1) is 0 Å². The van der Waals surface area contributed by atoms with Crippen LogP contribution in [-0.2, 0) is 9.53 Å². The fourth-order valence-electron chi connectivity index (χ4n) is 1.98. The summed E-state index contributed by atoms with van der Waals surface area (Å²) in [6.45, 7) is -0.511. The van der Waals surface area contributed by atoms with Gasteiger partial charge in [0.1, 0.15) is 0 Å². The van der Waals surface area contributed by atoms with E-state index in [1.807, 2.05) is 30.3 Å². The van der Waals surface area contributed by atoms with Crippen molar-refractivity contribution in [2.24, 2.45) is 0 Å². The van der Waals surface area contributed by atoms with Crippen LogP contribution in [0.5, 0.6) is 0 Å². The molecule has 0 aliphatic rings. The van der Waals surface area contributed by atoms with E-state index in [-0.39, 0.29) is 0 Å². The highest BCUT2D eigenvalue weighted by Gasteiger charge is 2.21. The first-order valence-corrected chi connectivity index (χ1v) is 6.14. The third-order valence-corrected chi connectivity index (χ3v) is 3.01. The number of methoxy groups -OCH3 is 1. The van der Waals surface area contributed by atoms with Crippen molar-refractivity contribution in [3.63, 3.8) is 0 Å². The Morgan fingerprint density at radius 2 is 1.90 bits per heavy atom. The van der Waals surface area contributed by atoms with Gasteiger partial charge in [0.05, 0.1) is 13.7 Å². The van der Waals surface area contributed by atoms with E-state index in [4.69, 9.17) is 5.11 Å². The highest BCUT2D eigenvalue weighted by Crippen LogP contribution is 2.18. The van der Waals surface area contributed by atoms with Gasteiger partial charge in [-0.2, -0.15) is 0 Å². The maximum absolute atomic E-state index is 12.2. The van der Waals surface area contributed by atoms with Crippen molar-refractivity contribution in [3.05, 3.63) is 48.0 Å². The molecule has 20 heavy (non-hydrogen) atoms. The molecule has 5 heteroatoms. The molecule has 0 saturated heterocycles. The fraction of sp³-hybridized carbons (Fsp3) is 0.200.